The molecule has 3 N–H and O–H groups in total. The van der Waals surface area contributed by atoms with Gasteiger partial charge in [0, 0.05) is 42.3 Å². The Morgan fingerprint density at radius 3 is 2.85 bits per heavy atom. The zero-order chi connectivity index (χ0) is 19.8. The molecule has 2 unspecified atom stereocenters. The number of methoxy groups -OCH3 is 1. The highest BCUT2D eigenvalue weighted by Gasteiger charge is 2.35. The molecule has 6 nitrogen and oxygen atoms in total. The van der Waals surface area contributed by atoms with E-state index in [1.165, 1.54) is 19.3 Å². The summed E-state index contributed by atoms with van der Waals surface area (Å²) in [6.07, 6.45) is 1.83. The molecule has 0 aliphatic carbocycles. The zero-order valence-corrected chi connectivity index (χ0v) is 16.6. The Balaban J connectivity index is 2.27. The summed E-state index contributed by atoms with van der Waals surface area (Å²) in [5, 5.41) is 9.22. The maximum atomic E-state index is 14.3. The van der Waals surface area contributed by atoms with Crippen molar-refractivity contribution in [3.63, 3.8) is 0 Å². The molecule has 148 valence electrons. The van der Waals surface area contributed by atoms with Crippen LogP contribution in [0.3, 0.4) is 0 Å². The van der Waals surface area contributed by atoms with Crippen molar-refractivity contribution in [2.24, 2.45) is 5.73 Å². The first-order valence-corrected chi connectivity index (χ1v) is 10.8. The molecule has 9 heteroatoms. The molecular weight excluding hydrogens is 391 g/mol. The second-order valence-corrected chi connectivity index (χ2v) is 8.65. The third kappa shape index (κ3) is 5.97. The molecule has 0 amide bonds. The predicted octanol–water partition coefficient (Wildman–Crippen LogP) is 2.47. The number of carboxylic acid groups (broad SMARTS) is 1. The molecule has 1 aliphatic rings. The molecule has 0 spiro atoms. The minimum atomic E-state index is -1.04. The summed E-state index contributed by atoms with van der Waals surface area (Å²) in [4.78, 5) is 25.4. The van der Waals surface area contributed by atoms with Crippen LogP contribution in [0.25, 0.3) is 0 Å². The number of rotatable bonds is 8. The molecule has 1 aromatic rings. The minimum Gasteiger partial charge on any atom is -0.478 e. The Kier molecular flexibility index (Phi) is 8.62. The lowest BCUT2D eigenvalue weighted by Crippen LogP contribution is -2.43. The Morgan fingerprint density at radius 2 is 2.22 bits per heavy atom. The SMILES string of the molecule is COC(=O)C(c1ccccc1F)N1CCC(SSCCN)/C(=C\C(=O)O)C1. The molecule has 1 heterocycles. The van der Waals surface area contributed by atoms with Crippen molar-refractivity contribution in [3.05, 3.63) is 47.3 Å². The number of carbonyl (C=O) groups excluding carboxylic acids is 1. The van der Waals surface area contributed by atoms with Crippen molar-refractivity contribution in [1.29, 1.82) is 0 Å². The van der Waals surface area contributed by atoms with Crippen molar-refractivity contribution in [3.8, 4) is 0 Å². The molecule has 0 radical (unpaired) electrons. The van der Waals surface area contributed by atoms with Gasteiger partial charge in [0.2, 0.25) is 0 Å². The van der Waals surface area contributed by atoms with Gasteiger partial charge < -0.3 is 15.6 Å². The van der Waals surface area contributed by atoms with Crippen LogP contribution in [0.4, 0.5) is 4.39 Å². The van der Waals surface area contributed by atoms with Crippen LogP contribution in [0.15, 0.2) is 35.9 Å². The van der Waals surface area contributed by atoms with Gasteiger partial charge in [0.25, 0.3) is 0 Å². The van der Waals surface area contributed by atoms with Gasteiger partial charge in [-0.05, 0) is 18.1 Å². The maximum Gasteiger partial charge on any atom is 0.328 e. The van der Waals surface area contributed by atoms with Crippen LogP contribution in [-0.2, 0) is 14.3 Å². The molecule has 1 fully saturated rings. The molecule has 0 aromatic heterocycles. The number of hydrogen-bond acceptors (Lipinski definition) is 7. The number of piperidine rings is 1. The van der Waals surface area contributed by atoms with Crippen LogP contribution < -0.4 is 5.73 Å². The van der Waals surface area contributed by atoms with Crippen LogP contribution in [0, 0.1) is 5.82 Å². The number of nitrogens with two attached hydrogens (primary N) is 1. The van der Waals surface area contributed by atoms with Gasteiger partial charge in [0.15, 0.2) is 0 Å². The van der Waals surface area contributed by atoms with Gasteiger partial charge in [-0.25, -0.2) is 14.0 Å². The number of carboxylic acids is 1. The summed E-state index contributed by atoms with van der Waals surface area (Å²) in [5.74, 6) is -1.34. The average molecular weight is 415 g/mol. The largest absolute Gasteiger partial charge is 0.478 e. The van der Waals surface area contributed by atoms with E-state index in [0.717, 1.165) is 5.75 Å². The van der Waals surface area contributed by atoms with Crippen molar-refractivity contribution >= 4 is 33.5 Å². The summed E-state index contributed by atoms with van der Waals surface area (Å²) in [6, 6.07) is 5.14. The summed E-state index contributed by atoms with van der Waals surface area (Å²) < 4.78 is 19.2. The fourth-order valence-electron chi connectivity index (χ4n) is 2.97. The maximum absolute atomic E-state index is 14.3. The standard InChI is InChI=1S/C18H23FN2O4S2/c1-25-18(24)17(13-4-2-3-5-14(13)19)21-8-6-15(27-26-9-7-20)12(11-21)10-16(22)23/h2-5,10,15,17H,6-9,11,20H2,1H3,(H,22,23)/b12-10-. The second-order valence-electron chi connectivity index (χ2n) is 5.96. The molecule has 27 heavy (non-hydrogen) atoms. The molecular formula is C18H23FN2O4S2. The molecule has 1 saturated heterocycles. The van der Waals surface area contributed by atoms with E-state index in [2.05, 4.69) is 0 Å². The fraction of sp³-hybridized carbons (Fsp3) is 0.444. The number of carbonyl (C=O) groups is 2. The van der Waals surface area contributed by atoms with E-state index in [1.54, 1.807) is 44.7 Å². The molecule has 1 aliphatic heterocycles. The summed E-state index contributed by atoms with van der Waals surface area (Å²) >= 11 is 0. The Labute approximate surface area is 165 Å². The highest BCUT2D eigenvalue weighted by molar-refractivity contribution is 8.77. The number of likely N-dealkylation sites (tertiary alicyclic amines) is 1. The minimum absolute atomic E-state index is 0.00724. The number of esters is 1. The van der Waals surface area contributed by atoms with E-state index in [-0.39, 0.29) is 17.4 Å². The molecule has 2 atom stereocenters. The Morgan fingerprint density at radius 1 is 1.48 bits per heavy atom. The predicted molar refractivity (Wildman–Crippen MR) is 106 cm³/mol. The highest BCUT2D eigenvalue weighted by atomic mass is 33.1. The van der Waals surface area contributed by atoms with E-state index in [0.29, 0.717) is 25.1 Å². The fourth-order valence-corrected chi connectivity index (χ4v) is 5.53. The van der Waals surface area contributed by atoms with Crippen LogP contribution in [-0.4, -0.2) is 59.7 Å². The first-order valence-electron chi connectivity index (χ1n) is 8.46. The number of aliphatic carboxylic acids is 1. The lowest BCUT2D eigenvalue weighted by atomic mass is 9.98. The van der Waals surface area contributed by atoms with E-state index in [4.69, 9.17) is 10.5 Å². The first kappa shape index (κ1) is 21.7. The van der Waals surface area contributed by atoms with Crippen molar-refractivity contribution in [1.82, 2.24) is 4.90 Å². The number of nitrogens with zero attached hydrogens (tertiary/aromatic N) is 1. The van der Waals surface area contributed by atoms with Gasteiger partial charge in [0.1, 0.15) is 11.9 Å². The average Bonchev–Trinajstić information content (AvgIpc) is 2.64. The van der Waals surface area contributed by atoms with E-state index in [1.807, 2.05) is 0 Å². The third-order valence-electron chi connectivity index (χ3n) is 4.16. The molecule has 2 rings (SSSR count). The van der Waals surface area contributed by atoms with Crippen LogP contribution >= 0.6 is 21.6 Å². The van der Waals surface area contributed by atoms with Gasteiger partial charge in [-0.1, -0.05) is 39.8 Å². The van der Waals surface area contributed by atoms with Gasteiger partial charge >= 0.3 is 11.9 Å². The zero-order valence-electron chi connectivity index (χ0n) is 15.0. The Bertz CT molecular complexity index is 702. The van der Waals surface area contributed by atoms with E-state index in [9.17, 15) is 19.1 Å². The molecule has 0 bridgehead atoms. The van der Waals surface area contributed by atoms with Crippen molar-refractivity contribution in [2.75, 3.05) is 32.5 Å². The Hall–Kier alpha value is -1.55. The van der Waals surface area contributed by atoms with Gasteiger partial charge in [-0.15, -0.1) is 0 Å². The number of benzene rings is 1. The third-order valence-corrected chi connectivity index (χ3v) is 7.08. The second kappa shape index (κ2) is 10.7. The number of hydrogen-bond donors (Lipinski definition) is 2. The first-order chi connectivity index (χ1) is 13.0. The highest BCUT2D eigenvalue weighted by Crippen LogP contribution is 2.38. The van der Waals surface area contributed by atoms with Gasteiger partial charge in [0.05, 0.1) is 7.11 Å². The van der Waals surface area contributed by atoms with Gasteiger partial charge in [-0.3, -0.25) is 4.90 Å². The summed E-state index contributed by atoms with van der Waals surface area (Å²) in [6.45, 7) is 1.32. The van der Waals surface area contributed by atoms with E-state index >= 15 is 0 Å². The monoisotopic (exact) mass is 414 g/mol. The molecule has 1 aromatic carbocycles. The summed E-state index contributed by atoms with van der Waals surface area (Å²) in [7, 11) is 4.44. The topological polar surface area (TPSA) is 92.9 Å². The normalized spacial score (nSPS) is 20.4. The van der Waals surface area contributed by atoms with E-state index < -0.39 is 23.8 Å². The summed E-state index contributed by atoms with van der Waals surface area (Å²) in [5.41, 5.74) is 6.42. The van der Waals surface area contributed by atoms with Crippen LogP contribution in [0.5, 0.6) is 0 Å². The van der Waals surface area contributed by atoms with Crippen LogP contribution in [0.2, 0.25) is 0 Å². The number of halogens is 1. The van der Waals surface area contributed by atoms with Crippen molar-refractivity contribution < 1.29 is 23.8 Å². The lowest BCUT2D eigenvalue weighted by molar-refractivity contribution is -0.147. The quantitative estimate of drug-likeness (QED) is 0.290. The number of ether oxygens (including phenoxy) is 1. The van der Waals surface area contributed by atoms with Crippen molar-refractivity contribution in [2.45, 2.75) is 17.7 Å². The van der Waals surface area contributed by atoms with Crippen LogP contribution in [0.1, 0.15) is 18.0 Å². The van der Waals surface area contributed by atoms with Gasteiger partial charge in [-0.2, -0.15) is 0 Å². The lowest BCUT2D eigenvalue weighted by Gasteiger charge is -2.37. The molecule has 0 saturated carbocycles. The smallest absolute Gasteiger partial charge is 0.328 e.